The van der Waals surface area contributed by atoms with E-state index in [1.54, 1.807) is 13.8 Å². The third-order valence-electron chi connectivity index (χ3n) is 3.71. The minimum Gasteiger partial charge on any atom is -0.507 e. The number of aromatic nitrogens is 1. The lowest BCUT2D eigenvalue weighted by Crippen LogP contribution is -2.35. The Hall–Kier alpha value is -3.00. The Labute approximate surface area is 153 Å². The number of para-hydroxylation sites is 1. The highest BCUT2D eigenvalue weighted by Crippen LogP contribution is 2.25. The lowest BCUT2D eigenvalue weighted by atomic mass is 10.1. The number of carbonyl (C=O) groups excluding carboxylic acids is 1. The number of hydrazone groups is 1. The first-order valence-electron chi connectivity index (χ1n) is 7.89. The third-order valence-corrected chi connectivity index (χ3v) is 4.68. The van der Waals surface area contributed by atoms with Gasteiger partial charge in [-0.05, 0) is 44.2 Å². The predicted octanol–water partition coefficient (Wildman–Crippen LogP) is 3.48. The number of amides is 1. The molecule has 0 aliphatic carbocycles. The van der Waals surface area contributed by atoms with Gasteiger partial charge in [0, 0.05) is 5.56 Å². The van der Waals surface area contributed by atoms with Gasteiger partial charge in [0.2, 0.25) is 0 Å². The number of carbonyl (C=O) groups is 1. The molecule has 1 amide bonds. The fourth-order valence-corrected chi connectivity index (χ4v) is 3.23. The van der Waals surface area contributed by atoms with Gasteiger partial charge in [0.1, 0.15) is 17.6 Å². The van der Waals surface area contributed by atoms with Gasteiger partial charge in [-0.1, -0.05) is 23.5 Å². The van der Waals surface area contributed by atoms with E-state index in [9.17, 15) is 14.3 Å². The van der Waals surface area contributed by atoms with Crippen molar-refractivity contribution < 1.29 is 14.3 Å². The van der Waals surface area contributed by atoms with E-state index in [1.165, 1.54) is 17.4 Å². The van der Waals surface area contributed by atoms with Crippen molar-refractivity contribution in [3.05, 3.63) is 53.8 Å². The number of benzene rings is 2. The average Bonchev–Trinajstić information content (AvgIpc) is 3.03. The van der Waals surface area contributed by atoms with Crippen LogP contribution in [-0.4, -0.2) is 27.8 Å². The molecule has 1 heterocycles. The number of hydrogen-bond donors (Lipinski definition) is 3. The van der Waals surface area contributed by atoms with E-state index in [-0.39, 0.29) is 17.2 Å². The molecule has 0 unspecified atom stereocenters. The van der Waals surface area contributed by atoms with Crippen LogP contribution in [0, 0.1) is 5.82 Å². The van der Waals surface area contributed by atoms with Gasteiger partial charge < -0.3 is 10.4 Å². The van der Waals surface area contributed by atoms with Gasteiger partial charge in [0.05, 0.1) is 15.9 Å². The molecular formula is C18H17FN4O2S. The maximum Gasteiger partial charge on any atom is 0.262 e. The molecule has 1 aromatic heterocycles. The Balaban J connectivity index is 1.66. The summed E-state index contributed by atoms with van der Waals surface area (Å²) in [7, 11) is 0. The molecule has 8 heteroatoms. The van der Waals surface area contributed by atoms with Crippen molar-refractivity contribution in [2.75, 3.05) is 5.32 Å². The SMILES string of the molecule is C/C(=N\NC(=O)[C@@H](C)Nc1nc2ccccc2s1)c1cc(F)ccc1O. The lowest BCUT2D eigenvalue weighted by Gasteiger charge is -2.11. The summed E-state index contributed by atoms with van der Waals surface area (Å²) in [5.41, 5.74) is 3.79. The van der Waals surface area contributed by atoms with Crippen LogP contribution in [-0.2, 0) is 4.79 Å². The van der Waals surface area contributed by atoms with Crippen LogP contribution < -0.4 is 10.7 Å². The smallest absolute Gasteiger partial charge is 0.262 e. The summed E-state index contributed by atoms with van der Waals surface area (Å²) in [5.74, 6) is -0.980. The number of aromatic hydroxyl groups is 1. The van der Waals surface area contributed by atoms with Gasteiger partial charge in [-0.3, -0.25) is 4.79 Å². The molecule has 0 aliphatic heterocycles. The van der Waals surface area contributed by atoms with Crippen LogP contribution in [0.1, 0.15) is 19.4 Å². The molecule has 0 saturated heterocycles. The van der Waals surface area contributed by atoms with Crippen LogP contribution in [0.25, 0.3) is 10.2 Å². The average molecular weight is 372 g/mol. The normalized spacial score (nSPS) is 12.8. The summed E-state index contributed by atoms with van der Waals surface area (Å²) < 4.78 is 14.3. The van der Waals surface area contributed by atoms with E-state index in [0.717, 1.165) is 22.3 Å². The standard InChI is InChI=1S/C18H17FN4O2S/c1-10(13-9-12(19)7-8-15(13)24)22-23-17(25)11(2)20-18-21-14-5-3-4-6-16(14)26-18/h3-9,11,24H,1-2H3,(H,20,21)(H,23,25)/b22-10+/t11-/m1/s1. The van der Waals surface area contributed by atoms with Gasteiger partial charge in [0.25, 0.3) is 5.91 Å². The summed E-state index contributed by atoms with van der Waals surface area (Å²) in [6.45, 7) is 3.26. The molecule has 0 radical (unpaired) electrons. The molecule has 0 bridgehead atoms. The predicted molar refractivity (Wildman–Crippen MR) is 101 cm³/mol. The number of halogens is 1. The second kappa shape index (κ2) is 7.49. The second-order valence-corrected chi connectivity index (χ2v) is 6.72. The molecule has 3 N–H and O–H groups in total. The van der Waals surface area contributed by atoms with E-state index < -0.39 is 11.9 Å². The van der Waals surface area contributed by atoms with Crippen molar-refractivity contribution in [1.82, 2.24) is 10.4 Å². The molecule has 6 nitrogen and oxygen atoms in total. The largest absolute Gasteiger partial charge is 0.507 e. The highest BCUT2D eigenvalue weighted by atomic mass is 32.1. The van der Waals surface area contributed by atoms with E-state index in [2.05, 4.69) is 20.8 Å². The van der Waals surface area contributed by atoms with Crippen LogP contribution in [0.15, 0.2) is 47.6 Å². The quantitative estimate of drug-likeness (QED) is 0.473. The zero-order valence-corrected chi connectivity index (χ0v) is 15.0. The molecule has 0 fully saturated rings. The first kappa shape index (κ1) is 17.8. The highest BCUT2D eigenvalue weighted by molar-refractivity contribution is 7.22. The van der Waals surface area contributed by atoms with E-state index in [1.807, 2.05) is 24.3 Å². The molecule has 0 saturated carbocycles. The van der Waals surface area contributed by atoms with E-state index >= 15 is 0 Å². The van der Waals surface area contributed by atoms with Crippen molar-refractivity contribution in [2.45, 2.75) is 19.9 Å². The number of thiazole rings is 1. The molecule has 0 aliphatic rings. The summed E-state index contributed by atoms with van der Waals surface area (Å²) >= 11 is 1.46. The maximum absolute atomic E-state index is 13.3. The topological polar surface area (TPSA) is 86.6 Å². The Morgan fingerprint density at radius 1 is 1.31 bits per heavy atom. The number of anilines is 1. The molecule has 0 spiro atoms. The number of fused-ring (bicyclic) bond motifs is 1. The van der Waals surface area contributed by atoms with Crippen LogP contribution >= 0.6 is 11.3 Å². The van der Waals surface area contributed by atoms with Gasteiger partial charge in [-0.15, -0.1) is 0 Å². The lowest BCUT2D eigenvalue weighted by molar-refractivity contribution is -0.121. The summed E-state index contributed by atoms with van der Waals surface area (Å²) in [6.07, 6.45) is 0. The van der Waals surface area contributed by atoms with Crippen molar-refractivity contribution >= 4 is 38.3 Å². The molecule has 134 valence electrons. The molecule has 3 aromatic rings. The van der Waals surface area contributed by atoms with Gasteiger partial charge in [0.15, 0.2) is 5.13 Å². The third kappa shape index (κ3) is 3.97. The molecule has 3 rings (SSSR count). The van der Waals surface area contributed by atoms with Crippen LogP contribution in [0.2, 0.25) is 0 Å². The Morgan fingerprint density at radius 2 is 2.08 bits per heavy atom. The number of phenols is 1. The number of hydrogen-bond acceptors (Lipinski definition) is 6. The van der Waals surface area contributed by atoms with Gasteiger partial charge in [-0.2, -0.15) is 5.10 Å². The summed E-state index contributed by atoms with van der Waals surface area (Å²) in [6, 6.07) is 10.7. The van der Waals surface area contributed by atoms with Crippen LogP contribution in [0.5, 0.6) is 5.75 Å². The zero-order chi connectivity index (χ0) is 18.7. The molecular weight excluding hydrogens is 355 g/mol. The molecule has 1 atom stereocenters. The minimum atomic E-state index is -0.576. The fraction of sp³-hybridized carbons (Fsp3) is 0.167. The zero-order valence-electron chi connectivity index (χ0n) is 14.2. The van der Waals surface area contributed by atoms with Crippen molar-refractivity contribution in [3.63, 3.8) is 0 Å². The van der Waals surface area contributed by atoms with Gasteiger partial charge in [-0.25, -0.2) is 14.8 Å². The van der Waals surface area contributed by atoms with Crippen LogP contribution in [0.3, 0.4) is 0 Å². The monoisotopic (exact) mass is 372 g/mol. The number of nitrogens with one attached hydrogen (secondary N) is 2. The molecule has 26 heavy (non-hydrogen) atoms. The summed E-state index contributed by atoms with van der Waals surface area (Å²) in [5, 5.41) is 17.4. The number of rotatable bonds is 5. The Kier molecular flexibility index (Phi) is 5.13. The first-order valence-corrected chi connectivity index (χ1v) is 8.71. The van der Waals surface area contributed by atoms with E-state index in [0.29, 0.717) is 10.8 Å². The fourth-order valence-electron chi connectivity index (χ4n) is 2.28. The second-order valence-electron chi connectivity index (χ2n) is 5.69. The first-order chi connectivity index (χ1) is 12.4. The Bertz CT molecular complexity index is 953. The van der Waals surface area contributed by atoms with Crippen LogP contribution in [0.4, 0.5) is 9.52 Å². The van der Waals surface area contributed by atoms with Crippen molar-refractivity contribution in [2.24, 2.45) is 5.10 Å². The number of nitrogens with zero attached hydrogens (tertiary/aromatic N) is 2. The van der Waals surface area contributed by atoms with Crippen molar-refractivity contribution in [3.8, 4) is 5.75 Å². The highest BCUT2D eigenvalue weighted by Gasteiger charge is 2.15. The maximum atomic E-state index is 13.3. The minimum absolute atomic E-state index is 0.109. The van der Waals surface area contributed by atoms with E-state index in [4.69, 9.17) is 0 Å². The number of phenolic OH excluding ortho intramolecular Hbond substituents is 1. The Morgan fingerprint density at radius 3 is 2.85 bits per heavy atom. The summed E-state index contributed by atoms with van der Waals surface area (Å²) in [4.78, 5) is 16.6. The van der Waals surface area contributed by atoms with Gasteiger partial charge >= 0.3 is 0 Å². The molecule has 2 aromatic carbocycles. The van der Waals surface area contributed by atoms with Crippen molar-refractivity contribution in [1.29, 1.82) is 0 Å².